The van der Waals surface area contributed by atoms with Crippen LogP contribution < -0.4 is 17.3 Å². The van der Waals surface area contributed by atoms with Crippen molar-refractivity contribution in [2.45, 2.75) is 0 Å². The van der Waals surface area contributed by atoms with Crippen LogP contribution in [-0.2, 0) is 29.7 Å². The van der Waals surface area contributed by atoms with Crippen molar-refractivity contribution in [2.75, 3.05) is 11.9 Å². The number of thiophene rings is 1. The quantitative estimate of drug-likeness (QED) is 0.251. The molecule has 20 heavy (non-hydrogen) atoms. The van der Waals surface area contributed by atoms with E-state index in [1.54, 1.807) is 17.6 Å². The van der Waals surface area contributed by atoms with Crippen molar-refractivity contribution in [3.05, 3.63) is 52.7 Å². The first kappa shape index (κ1) is 19.1. The largest absolute Gasteiger partial charge is 2.00 e. The van der Waals surface area contributed by atoms with Gasteiger partial charge >= 0.3 is 17.1 Å². The van der Waals surface area contributed by atoms with Gasteiger partial charge in [0, 0.05) is 22.8 Å². The van der Waals surface area contributed by atoms with Gasteiger partial charge in [0.1, 0.15) is 0 Å². The smallest absolute Gasteiger partial charge is 1.00 e. The van der Waals surface area contributed by atoms with E-state index in [4.69, 9.17) is 12.6 Å². The van der Waals surface area contributed by atoms with E-state index >= 15 is 0 Å². The van der Waals surface area contributed by atoms with Crippen molar-refractivity contribution in [1.29, 1.82) is 0 Å². The third-order valence-corrected chi connectivity index (χ3v) is 3.46. The fourth-order valence-electron chi connectivity index (χ4n) is 1.33. The number of benzene rings is 1. The van der Waals surface area contributed by atoms with Gasteiger partial charge in [-0.3, -0.25) is 0 Å². The number of rotatable bonds is 3. The molecule has 3 nitrogen and oxygen atoms in total. The number of anilines is 1. The summed E-state index contributed by atoms with van der Waals surface area (Å²) in [5.74, 6) is 0. The molecule has 1 heterocycles. The van der Waals surface area contributed by atoms with E-state index in [1.807, 2.05) is 59.8 Å². The molecule has 0 amide bonds. The van der Waals surface area contributed by atoms with Crippen molar-refractivity contribution in [3.8, 4) is 0 Å². The maximum Gasteiger partial charge on any atom is 2.00 e. The van der Waals surface area contributed by atoms with Crippen LogP contribution in [0, 0.1) is 0 Å². The van der Waals surface area contributed by atoms with Gasteiger partial charge in [-0.1, -0.05) is 24.3 Å². The molecule has 0 unspecified atom stereocenters. The van der Waals surface area contributed by atoms with Gasteiger partial charge in [-0.15, -0.1) is 11.3 Å². The van der Waals surface area contributed by atoms with Gasteiger partial charge in [0.2, 0.25) is 0 Å². The molecule has 0 spiro atoms. The Bertz CT molecular complexity index is 544. The van der Waals surface area contributed by atoms with Crippen LogP contribution in [-0.4, -0.2) is 18.4 Å². The summed E-state index contributed by atoms with van der Waals surface area (Å²) in [6, 6.07) is 13.8. The molecule has 2 rings (SSSR count). The van der Waals surface area contributed by atoms with E-state index in [-0.39, 0.29) is 29.5 Å². The second-order valence-corrected chi connectivity index (χ2v) is 4.88. The zero-order valence-corrected chi connectivity index (χ0v) is 13.9. The second kappa shape index (κ2) is 9.91. The molecule has 0 bridgehead atoms. The normalized spacial score (nSPS) is 10.8. The van der Waals surface area contributed by atoms with E-state index in [1.165, 1.54) is 0 Å². The molecule has 1 aromatic heterocycles. The topological polar surface area (TPSA) is 28.0 Å². The van der Waals surface area contributed by atoms with Crippen LogP contribution in [0.5, 0.6) is 0 Å². The van der Waals surface area contributed by atoms with Crippen LogP contribution in [0.25, 0.3) is 0 Å². The number of hydrogen-bond donors (Lipinski definition) is 0. The van der Waals surface area contributed by atoms with Crippen LogP contribution in [0.15, 0.2) is 58.0 Å². The molecule has 0 saturated heterocycles. The molecule has 0 atom stereocenters. The van der Waals surface area contributed by atoms with E-state index in [9.17, 15) is 0 Å². The fraction of sp³-hybridized carbons (Fsp3) is 0.0769. The Morgan fingerprint density at radius 1 is 1.20 bits per heavy atom. The van der Waals surface area contributed by atoms with Gasteiger partial charge < -0.3 is 29.9 Å². The molecular weight excluding hydrogens is 361 g/mol. The number of hydrogen-bond acceptors (Lipinski definition) is 4. The van der Waals surface area contributed by atoms with Crippen LogP contribution in [0.1, 0.15) is 4.88 Å². The Labute approximate surface area is 145 Å². The molecule has 0 aliphatic rings. The summed E-state index contributed by atoms with van der Waals surface area (Å²) < 4.78 is 0. The summed E-state index contributed by atoms with van der Waals surface area (Å²) in [5.41, 5.74) is 0.998. The summed E-state index contributed by atoms with van der Waals surface area (Å²) >= 11 is 6.82. The molecule has 0 saturated carbocycles. The summed E-state index contributed by atoms with van der Waals surface area (Å²) in [6.45, 7) is 0. The average molecular weight is 373 g/mol. The zero-order valence-electron chi connectivity index (χ0n) is 10.5. The SMILES string of the molecule is CN(/C([S-])=N/N=C\c1cccs1)c1ccccc1.[Cl-].[Cu+2]. The van der Waals surface area contributed by atoms with Gasteiger partial charge in [0.05, 0.1) is 6.21 Å². The zero-order chi connectivity index (χ0) is 12.8. The first-order chi connectivity index (χ1) is 8.77. The molecule has 0 aliphatic heterocycles. The Kier molecular flexibility index (Phi) is 9.46. The fourth-order valence-corrected chi connectivity index (χ4v) is 2.06. The molecule has 0 N–H and O–H groups in total. The molecule has 1 aromatic carbocycles. The van der Waals surface area contributed by atoms with Gasteiger partial charge in [-0.05, 0) is 23.6 Å². The number of amidine groups is 1. The van der Waals surface area contributed by atoms with Gasteiger partial charge in [-0.2, -0.15) is 10.2 Å². The van der Waals surface area contributed by atoms with Gasteiger partial charge in [0.15, 0.2) is 0 Å². The molecule has 1 radical (unpaired) electrons. The third kappa shape index (κ3) is 5.61. The number of halogens is 1. The minimum atomic E-state index is 0. The Balaban J connectivity index is 0.00000180. The standard InChI is InChI=1S/C13H13N3S2.ClH.Cu/c1-16(11-6-3-2-4-7-11)13(17)15-14-10-12-8-5-9-18-12;;/h2-10H,1H3,(H,15,17);1H;/q;;+2/p-2/b14-10-;;. The number of para-hydroxylation sites is 1. The Hall–Kier alpha value is -0.911. The first-order valence-corrected chi connectivity index (χ1v) is 6.66. The average Bonchev–Trinajstić information content (AvgIpc) is 2.92. The monoisotopic (exact) mass is 372 g/mol. The molecular formula is C13H12ClCuN3S2. The van der Waals surface area contributed by atoms with E-state index in [0.29, 0.717) is 5.17 Å². The molecule has 7 heteroatoms. The van der Waals surface area contributed by atoms with Crippen LogP contribution in [0.3, 0.4) is 0 Å². The van der Waals surface area contributed by atoms with E-state index in [2.05, 4.69) is 10.2 Å². The van der Waals surface area contributed by atoms with Gasteiger partial charge in [0.25, 0.3) is 0 Å². The summed E-state index contributed by atoms with van der Waals surface area (Å²) in [5, 5.41) is 10.4. The van der Waals surface area contributed by atoms with Crippen LogP contribution >= 0.6 is 11.3 Å². The van der Waals surface area contributed by atoms with Crippen molar-refractivity contribution in [1.82, 2.24) is 0 Å². The Morgan fingerprint density at radius 2 is 1.90 bits per heavy atom. The third-order valence-electron chi connectivity index (χ3n) is 2.30. The molecule has 109 valence electrons. The number of nitrogens with zero attached hydrogens (tertiary/aromatic N) is 3. The minimum Gasteiger partial charge on any atom is -1.00 e. The predicted molar refractivity (Wildman–Crippen MR) is 81.6 cm³/mol. The van der Waals surface area contributed by atoms with E-state index < -0.39 is 0 Å². The second-order valence-electron chi connectivity index (χ2n) is 3.54. The van der Waals surface area contributed by atoms with Crippen molar-refractivity contribution >= 4 is 41.0 Å². The first-order valence-electron chi connectivity index (χ1n) is 5.37. The maximum absolute atomic E-state index is 5.20. The van der Waals surface area contributed by atoms with E-state index in [0.717, 1.165) is 10.6 Å². The van der Waals surface area contributed by atoms with Crippen LogP contribution in [0.2, 0.25) is 0 Å². The van der Waals surface area contributed by atoms with Gasteiger partial charge in [-0.25, -0.2) is 0 Å². The van der Waals surface area contributed by atoms with Crippen molar-refractivity contribution in [2.24, 2.45) is 10.2 Å². The Morgan fingerprint density at radius 3 is 2.50 bits per heavy atom. The predicted octanol–water partition coefficient (Wildman–Crippen LogP) is 0.123. The van der Waals surface area contributed by atoms with Crippen molar-refractivity contribution < 1.29 is 29.5 Å². The van der Waals surface area contributed by atoms with Crippen molar-refractivity contribution in [3.63, 3.8) is 0 Å². The summed E-state index contributed by atoms with van der Waals surface area (Å²) in [7, 11) is 1.88. The van der Waals surface area contributed by atoms with Crippen LogP contribution in [0.4, 0.5) is 5.69 Å². The maximum atomic E-state index is 5.20. The minimum absolute atomic E-state index is 0. The molecule has 2 aromatic rings. The summed E-state index contributed by atoms with van der Waals surface area (Å²) in [6.07, 6.45) is 1.70. The molecule has 0 aliphatic carbocycles. The summed E-state index contributed by atoms with van der Waals surface area (Å²) in [4.78, 5) is 2.88. The molecule has 0 fully saturated rings.